The molecule has 94 valence electrons. The molecule has 0 fully saturated rings. The van der Waals surface area contributed by atoms with E-state index >= 15 is 0 Å². The maximum Gasteiger partial charge on any atom is 0.347 e. The fourth-order valence-corrected chi connectivity index (χ4v) is 1.97. The molecule has 5 nitrogen and oxygen atoms in total. The van der Waals surface area contributed by atoms with Gasteiger partial charge >= 0.3 is 5.97 Å². The number of ether oxygens (including phenoxy) is 1. The van der Waals surface area contributed by atoms with Crippen molar-refractivity contribution in [1.29, 1.82) is 0 Å². The van der Waals surface area contributed by atoms with Crippen molar-refractivity contribution in [2.24, 2.45) is 0 Å². The first-order chi connectivity index (χ1) is 8.60. The number of hydrogen-bond acceptors (Lipinski definition) is 5. The normalized spacial score (nSPS) is 10.1. The molecular weight excluding hydrogens is 259 g/mol. The Balaban J connectivity index is 2.18. The fourth-order valence-electron chi connectivity index (χ4n) is 1.30. The molecule has 2 rings (SSSR count). The van der Waals surface area contributed by atoms with Crippen molar-refractivity contribution in [3.8, 4) is 5.75 Å². The number of nitrogens with one attached hydrogen (secondary N) is 1. The van der Waals surface area contributed by atoms with Gasteiger partial charge in [0, 0.05) is 11.8 Å². The number of methoxy groups -OCH3 is 1. The number of anilines is 2. The molecule has 1 aromatic carbocycles. The quantitative estimate of drug-likeness (QED) is 0.892. The van der Waals surface area contributed by atoms with Gasteiger partial charge in [0.05, 0.1) is 13.3 Å². The third kappa shape index (κ3) is 2.57. The summed E-state index contributed by atoms with van der Waals surface area (Å²) >= 11 is 0.976. The maximum atomic E-state index is 13.4. The van der Waals surface area contributed by atoms with E-state index in [4.69, 9.17) is 9.84 Å². The Morgan fingerprint density at radius 1 is 1.56 bits per heavy atom. The van der Waals surface area contributed by atoms with Crippen LogP contribution in [-0.4, -0.2) is 23.2 Å². The van der Waals surface area contributed by atoms with Gasteiger partial charge in [-0.25, -0.2) is 14.2 Å². The van der Waals surface area contributed by atoms with E-state index in [2.05, 4.69) is 10.3 Å². The van der Waals surface area contributed by atoms with Gasteiger partial charge in [-0.1, -0.05) is 11.3 Å². The van der Waals surface area contributed by atoms with Crippen LogP contribution in [0.2, 0.25) is 0 Å². The zero-order valence-electron chi connectivity index (χ0n) is 9.31. The summed E-state index contributed by atoms with van der Waals surface area (Å²) in [6, 6.07) is 4.34. The zero-order chi connectivity index (χ0) is 13.1. The number of carboxylic acid groups (broad SMARTS) is 1. The Bertz CT molecular complexity index is 585. The molecular formula is C11H9FN2O3S. The summed E-state index contributed by atoms with van der Waals surface area (Å²) in [5.74, 6) is -1.40. The van der Waals surface area contributed by atoms with Crippen LogP contribution in [0.4, 0.5) is 15.2 Å². The Morgan fingerprint density at radius 3 is 2.89 bits per heavy atom. The van der Waals surface area contributed by atoms with E-state index in [1.165, 1.54) is 25.4 Å². The topological polar surface area (TPSA) is 71.5 Å². The molecule has 0 aliphatic carbocycles. The molecule has 1 aromatic heterocycles. The summed E-state index contributed by atoms with van der Waals surface area (Å²) in [5, 5.41) is 11.9. The van der Waals surface area contributed by atoms with E-state index in [1.54, 1.807) is 6.07 Å². The first kappa shape index (κ1) is 12.3. The van der Waals surface area contributed by atoms with E-state index in [1.807, 2.05) is 0 Å². The Hall–Kier alpha value is -2.15. The predicted octanol–water partition coefficient (Wildman–Crippen LogP) is 2.73. The van der Waals surface area contributed by atoms with Gasteiger partial charge in [-0.05, 0) is 12.1 Å². The average Bonchev–Trinajstić information content (AvgIpc) is 2.78. The lowest BCUT2D eigenvalue weighted by Crippen LogP contribution is -1.92. The van der Waals surface area contributed by atoms with Gasteiger partial charge in [0.25, 0.3) is 0 Å². The molecule has 0 aliphatic rings. The van der Waals surface area contributed by atoms with Gasteiger partial charge in [-0.3, -0.25) is 0 Å². The fraction of sp³-hybridized carbons (Fsp3) is 0.0909. The third-order valence-corrected chi connectivity index (χ3v) is 3.02. The van der Waals surface area contributed by atoms with Crippen LogP contribution < -0.4 is 10.1 Å². The molecule has 2 aromatic rings. The Morgan fingerprint density at radius 2 is 2.33 bits per heavy atom. The largest absolute Gasteiger partial charge is 0.494 e. The van der Waals surface area contributed by atoms with E-state index in [0.29, 0.717) is 10.8 Å². The molecule has 0 saturated carbocycles. The predicted molar refractivity (Wildman–Crippen MR) is 65.3 cm³/mol. The second kappa shape index (κ2) is 5.01. The number of halogens is 1. The first-order valence-electron chi connectivity index (χ1n) is 4.90. The van der Waals surface area contributed by atoms with Gasteiger partial charge in [0.15, 0.2) is 16.7 Å². The summed E-state index contributed by atoms with van der Waals surface area (Å²) < 4.78 is 18.2. The van der Waals surface area contributed by atoms with Crippen LogP contribution in [0.15, 0.2) is 24.4 Å². The van der Waals surface area contributed by atoms with Crippen molar-refractivity contribution in [1.82, 2.24) is 4.98 Å². The van der Waals surface area contributed by atoms with Gasteiger partial charge < -0.3 is 15.2 Å². The molecule has 0 radical (unpaired) electrons. The van der Waals surface area contributed by atoms with Crippen LogP contribution in [0, 0.1) is 5.82 Å². The molecule has 1 heterocycles. The molecule has 0 spiro atoms. The van der Waals surface area contributed by atoms with E-state index in [0.717, 1.165) is 11.3 Å². The lowest BCUT2D eigenvalue weighted by Gasteiger charge is -2.05. The molecule has 0 unspecified atom stereocenters. The summed E-state index contributed by atoms with van der Waals surface area (Å²) in [7, 11) is 1.38. The summed E-state index contributed by atoms with van der Waals surface area (Å²) in [4.78, 5) is 14.7. The van der Waals surface area contributed by atoms with Crippen molar-refractivity contribution in [3.05, 3.63) is 35.1 Å². The minimum absolute atomic E-state index is 0.117. The molecule has 0 amide bonds. The molecule has 7 heteroatoms. The van der Waals surface area contributed by atoms with E-state index < -0.39 is 11.8 Å². The molecule has 0 aliphatic heterocycles. The number of aromatic carboxylic acids is 1. The highest BCUT2D eigenvalue weighted by atomic mass is 32.1. The van der Waals surface area contributed by atoms with Crippen LogP contribution in [0.25, 0.3) is 0 Å². The highest BCUT2D eigenvalue weighted by Gasteiger charge is 2.09. The number of carboxylic acids is 1. The van der Waals surface area contributed by atoms with E-state index in [-0.39, 0.29) is 10.6 Å². The van der Waals surface area contributed by atoms with Crippen LogP contribution in [0.5, 0.6) is 5.75 Å². The lowest BCUT2D eigenvalue weighted by atomic mass is 10.3. The highest BCUT2D eigenvalue weighted by molar-refractivity contribution is 7.17. The van der Waals surface area contributed by atoms with Gasteiger partial charge in [-0.15, -0.1) is 0 Å². The summed E-state index contributed by atoms with van der Waals surface area (Å²) in [6.45, 7) is 0. The summed E-state index contributed by atoms with van der Waals surface area (Å²) in [6.07, 6.45) is 1.25. The number of nitrogens with zero attached hydrogens (tertiary/aromatic N) is 1. The van der Waals surface area contributed by atoms with Crippen LogP contribution in [0.3, 0.4) is 0 Å². The second-order valence-corrected chi connectivity index (χ2v) is 4.34. The minimum Gasteiger partial charge on any atom is -0.494 e. The van der Waals surface area contributed by atoms with Crippen LogP contribution in [0.1, 0.15) is 9.67 Å². The second-order valence-electron chi connectivity index (χ2n) is 3.31. The smallest absolute Gasteiger partial charge is 0.347 e. The Labute approximate surface area is 106 Å². The molecule has 0 saturated heterocycles. The maximum absolute atomic E-state index is 13.4. The lowest BCUT2D eigenvalue weighted by molar-refractivity contribution is 0.0702. The van der Waals surface area contributed by atoms with Crippen molar-refractivity contribution >= 4 is 28.1 Å². The number of benzene rings is 1. The summed E-state index contributed by atoms with van der Waals surface area (Å²) in [5.41, 5.74) is 0.472. The Kier molecular flexibility index (Phi) is 3.42. The van der Waals surface area contributed by atoms with Crippen molar-refractivity contribution < 1.29 is 19.0 Å². The molecule has 2 N–H and O–H groups in total. The minimum atomic E-state index is -1.04. The van der Waals surface area contributed by atoms with Crippen molar-refractivity contribution in [2.45, 2.75) is 0 Å². The molecule has 0 bridgehead atoms. The SMILES string of the molecule is COc1ccc(Nc2ncc(C(=O)O)s2)cc1F. The van der Waals surface area contributed by atoms with Gasteiger partial charge in [0.1, 0.15) is 4.88 Å². The number of thiazole rings is 1. The highest BCUT2D eigenvalue weighted by Crippen LogP contribution is 2.26. The zero-order valence-corrected chi connectivity index (χ0v) is 10.1. The van der Waals surface area contributed by atoms with Crippen molar-refractivity contribution in [2.75, 3.05) is 12.4 Å². The van der Waals surface area contributed by atoms with E-state index in [9.17, 15) is 9.18 Å². The average molecular weight is 268 g/mol. The van der Waals surface area contributed by atoms with Gasteiger partial charge in [0.2, 0.25) is 0 Å². The standard InChI is InChI=1S/C11H9FN2O3S/c1-17-8-3-2-6(4-7(8)12)14-11-13-5-9(18-11)10(15)16/h2-5H,1H3,(H,13,14)(H,15,16). The number of aromatic nitrogens is 1. The first-order valence-corrected chi connectivity index (χ1v) is 5.71. The molecule has 0 atom stereocenters. The van der Waals surface area contributed by atoms with Crippen molar-refractivity contribution in [3.63, 3.8) is 0 Å². The monoisotopic (exact) mass is 268 g/mol. The number of hydrogen-bond donors (Lipinski definition) is 2. The number of rotatable bonds is 4. The molecule has 18 heavy (non-hydrogen) atoms. The van der Waals surface area contributed by atoms with Gasteiger partial charge in [-0.2, -0.15) is 0 Å². The van der Waals surface area contributed by atoms with Crippen LogP contribution in [-0.2, 0) is 0 Å². The number of carbonyl (C=O) groups is 1. The third-order valence-electron chi connectivity index (χ3n) is 2.12. The van der Waals surface area contributed by atoms with Crippen LogP contribution >= 0.6 is 11.3 Å².